The third kappa shape index (κ3) is 2.13. The largest absolute Gasteiger partial charge is 0.364 e. The van der Waals surface area contributed by atoms with E-state index >= 15 is 0 Å². The minimum atomic E-state index is -0.544. The quantitative estimate of drug-likeness (QED) is 0.926. The minimum Gasteiger partial charge on any atom is -0.364 e. The molecule has 1 heterocycles. The van der Waals surface area contributed by atoms with Crippen molar-refractivity contribution >= 4 is 28.8 Å². The van der Waals surface area contributed by atoms with Crippen LogP contribution in [0, 0.1) is 5.82 Å². The maximum absolute atomic E-state index is 13.8. The molecular formula is C13H10ClFN2OS. The van der Waals surface area contributed by atoms with Gasteiger partial charge in [0, 0.05) is 16.3 Å². The first-order valence-electron chi connectivity index (χ1n) is 5.79. The van der Waals surface area contributed by atoms with Gasteiger partial charge in [0.2, 0.25) is 0 Å². The summed E-state index contributed by atoms with van der Waals surface area (Å²) in [6, 6.07) is 3.11. The van der Waals surface area contributed by atoms with Crippen LogP contribution >= 0.6 is 22.9 Å². The number of benzene rings is 1. The number of carbonyl (C=O) groups excluding carboxylic acids is 1. The zero-order valence-corrected chi connectivity index (χ0v) is 11.4. The number of hydrogen-bond donors (Lipinski definition) is 1. The lowest BCUT2D eigenvalue weighted by Crippen LogP contribution is -2.11. The predicted octanol–water partition coefficient (Wildman–Crippen LogP) is 3.11. The van der Waals surface area contributed by atoms with E-state index < -0.39 is 5.91 Å². The predicted molar refractivity (Wildman–Crippen MR) is 72.2 cm³/mol. The van der Waals surface area contributed by atoms with Crippen molar-refractivity contribution in [2.45, 2.75) is 18.8 Å². The topological polar surface area (TPSA) is 56.0 Å². The van der Waals surface area contributed by atoms with Gasteiger partial charge in [0.05, 0.1) is 0 Å². The van der Waals surface area contributed by atoms with Gasteiger partial charge >= 0.3 is 0 Å². The molecule has 98 valence electrons. The van der Waals surface area contributed by atoms with Crippen LogP contribution in [0.1, 0.15) is 39.0 Å². The molecule has 1 aromatic heterocycles. The lowest BCUT2D eigenvalue weighted by molar-refractivity contribution is 0.0996. The zero-order valence-electron chi connectivity index (χ0n) is 9.82. The number of primary amides is 1. The van der Waals surface area contributed by atoms with Crippen LogP contribution in [0.5, 0.6) is 0 Å². The highest BCUT2D eigenvalue weighted by Crippen LogP contribution is 2.41. The van der Waals surface area contributed by atoms with Gasteiger partial charge in [-0.1, -0.05) is 11.6 Å². The highest BCUT2D eigenvalue weighted by Gasteiger charge is 2.29. The highest BCUT2D eigenvalue weighted by atomic mass is 35.5. The van der Waals surface area contributed by atoms with Crippen molar-refractivity contribution in [3.05, 3.63) is 50.2 Å². The molecule has 1 amide bonds. The second-order valence-electron chi connectivity index (χ2n) is 4.48. The van der Waals surface area contributed by atoms with E-state index in [-0.39, 0.29) is 17.4 Å². The Morgan fingerprint density at radius 3 is 3.00 bits per heavy atom. The molecule has 0 aliphatic heterocycles. The molecule has 1 aromatic carbocycles. The Balaban J connectivity index is 2.04. The Morgan fingerprint density at radius 1 is 1.53 bits per heavy atom. The summed E-state index contributed by atoms with van der Waals surface area (Å²) in [5.41, 5.74) is 7.02. The van der Waals surface area contributed by atoms with Crippen molar-refractivity contribution in [3.8, 4) is 0 Å². The molecule has 0 unspecified atom stereocenters. The van der Waals surface area contributed by atoms with Gasteiger partial charge < -0.3 is 5.73 Å². The summed E-state index contributed by atoms with van der Waals surface area (Å²) >= 11 is 7.28. The molecule has 1 aliphatic rings. The molecule has 0 fully saturated rings. The number of nitrogens with zero attached hydrogens (tertiary/aromatic N) is 1. The summed E-state index contributed by atoms with van der Waals surface area (Å²) in [6.45, 7) is 0. The molecule has 0 radical (unpaired) electrons. The smallest absolute Gasteiger partial charge is 0.268 e. The van der Waals surface area contributed by atoms with Gasteiger partial charge in [0.25, 0.3) is 5.91 Å². The first-order valence-corrected chi connectivity index (χ1v) is 7.05. The summed E-state index contributed by atoms with van der Waals surface area (Å²) in [7, 11) is 0. The van der Waals surface area contributed by atoms with Crippen LogP contribution < -0.4 is 5.73 Å². The van der Waals surface area contributed by atoms with Gasteiger partial charge in [-0.15, -0.1) is 11.3 Å². The summed E-state index contributed by atoms with van der Waals surface area (Å²) in [6.07, 6.45) is 1.44. The Kier molecular flexibility index (Phi) is 3.03. The summed E-state index contributed by atoms with van der Waals surface area (Å²) in [4.78, 5) is 15.3. The molecule has 3 rings (SSSR count). The fourth-order valence-corrected chi connectivity index (χ4v) is 3.63. The SMILES string of the molecule is NC(=O)c1csc([C@@H]2CCc3c(F)cc(Cl)cc32)n1. The van der Waals surface area contributed by atoms with E-state index in [2.05, 4.69) is 4.98 Å². The Labute approximate surface area is 118 Å². The van der Waals surface area contributed by atoms with Gasteiger partial charge in [0.15, 0.2) is 0 Å². The molecule has 2 N–H and O–H groups in total. The maximum atomic E-state index is 13.8. The van der Waals surface area contributed by atoms with E-state index in [4.69, 9.17) is 17.3 Å². The molecule has 0 spiro atoms. The van der Waals surface area contributed by atoms with Crippen LogP contribution in [-0.2, 0) is 6.42 Å². The summed E-state index contributed by atoms with van der Waals surface area (Å²) in [5.74, 6) is -0.809. The molecule has 3 nitrogen and oxygen atoms in total. The molecular weight excluding hydrogens is 287 g/mol. The fourth-order valence-electron chi connectivity index (χ4n) is 2.46. The summed E-state index contributed by atoms with van der Waals surface area (Å²) in [5, 5.41) is 2.81. The van der Waals surface area contributed by atoms with Crippen molar-refractivity contribution in [2.24, 2.45) is 5.73 Å². The van der Waals surface area contributed by atoms with Crippen molar-refractivity contribution < 1.29 is 9.18 Å². The van der Waals surface area contributed by atoms with E-state index in [1.54, 1.807) is 11.4 Å². The molecule has 1 aliphatic carbocycles. The third-order valence-electron chi connectivity index (χ3n) is 3.33. The van der Waals surface area contributed by atoms with Crippen molar-refractivity contribution in [2.75, 3.05) is 0 Å². The average Bonchev–Trinajstić information content (AvgIpc) is 2.93. The van der Waals surface area contributed by atoms with Crippen LogP contribution in [-0.4, -0.2) is 10.9 Å². The van der Waals surface area contributed by atoms with E-state index in [9.17, 15) is 9.18 Å². The fraction of sp³-hybridized carbons (Fsp3) is 0.231. The van der Waals surface area contributed by atoms with Crippen LogP contribution in [0.4, 0.5) is 4.39 Å². The van der Waals surface area contributed by atoms with Crippen LogP contribution in [0.3, 0.4) is 0 Å². The van der Waals surface area contributed by atoms with Crippen LogP contribution in [0.25, 0.3) is 0 Å². The number of rotatable bonds is 2. The molecule has 0 saturated carbocycles. The normalized spacial score (nSPS) is 17.5. The van der Waals surface area contributed by atoms with Crippen molar-refractivity contribution in [3.63, 3.8) is 0 Å². The standard InChI is InChI=1S/C13H10ClFN2OS/c14-6-3-9-7(10(15)4-6)1-2-8(9)13-17-11(5-19-13)12(16)18/h3-5,8H,1-2H2,(H2,16,18)/t8-/m1/s1. The monoisotopic (exact) mass is 296 g/mol. The molecule has 0 bridgehead atoms. The summed E-state index contributed by atoms with van der Waals surface area (Å²) < 4.78 is 13.8. The Hall–Kier alpha value is -1.46. The van der Waals surface area contributed by atoms with Crippen LogP contribution in [0.15, 0.2) is 17.5 Å². The number of thiazole rings is 1. The molecule has 2 aromatic rings. The number of aromatic nitrogens is 1. The van der Waals surface area contributed by atoms with Gasteiger partial charge in [-0.05, 0) is 36.1 Å². The van der Waals surface area contributed by atoms with Gasteiger partial charge in [-0.3, -0.25) is 4.79 Å². The van der Waals surface area contributed by atoms with E-state index in [1.165, 1.54) is 17.4 Å². The van der Waals surface area contributed by atoms with E-state index in [1.807, 2.05) is 0 Å². The lowest BCUT2D eigenvalue weighted by atomic mass is 10.0. The lowest BCUT2D eigenvalue weighted by Gasteiger charge is -2.08. The Bertz CT molecular complexity index is 671. The Morgan fingerprint density at radius 2 is 2.32 bits per heavy atom. The first kappa shape index (κ1) is 12.6. The van der Waals surface area contributed by atoms with E-state index in [0.717, 1.165) is 17.0 Å². The number of nitrogens with two attached hydrogens (primary N) is 1. The number of carbonyl (C=O) groups is 1. The number of fused-ring (bicyclic) bond motifs is 1. The number of halogens is 2. The zero-order chi connectivity index (χ0) is 13.6. The molecule has 19 heavy (non-hydrogen) atoms. The highest BCUT2D eigenvalue weighted by molar-refractivity contribution is 7.10. The van der Waals surface area contributed by atoms with Crippen LogP contribution in [0.2, 0.25) is 5.02 Å². The van der Waals surface area contributed by atoms with Crippen molar-refractivity contribution in [1.29, 1.82) is 0 Å². The van der Waals surface area contributed by atoms with Gasteiger partial charge in [-0.25, -0.2) is 9.37 Å². The molecule has 1 atom stereocenters. The van der Waals surface area contributed by atoms with Gasteiger partial charge in [0.1, 0.15) is 16.5 Å². The first-order chi connectivity index (χ1) is 9.06. The number of amides is 1. The maximum Gasteiger partial charge on any atom is 0.268 e. The average molecular weight is 297 g/mol. The molecule has 0 saturated heterocycles. The third-order valence-corrected chi connectivity index (χ3v) is 4.50. The minimum absolute atomic E-state index is 0.00120. The second kappa shape index (κ2) is 4.58. The molecule has 6 heteroatoms. The van der Waals surface area contributed by atoms with E-state index in [0.29, 0.717) is 17.0 Å². The van der Waals surface area contributed by atoms with Crippen molar-refractivity contribution in [1.82, 2.24) is 4.98 Å². The second-order valence-corrected chi connectivity index (χ2v) is 5.81. The number of hydrogen-bond acceptors (Lipinski definition) is 3. The van der Waals surface area contributed by atoms with Gasteiger partial charge in [-0.2, -0.15) is 0 Å².